The number of hydrogen-bond acceptors (Lipinski definition) is 2. The number of fused-ring (bicyclic) bond motifs is 1. The summed E-state index contributed by atoms with van der Waals surface area (Å²) in [6.07, 6.45) is -0.198. The number of hydrogen-bond donors (Lipinski definition) is 2. The molecule has 0 radical (unpaired) electrons. The second-order valence-corrected chi connectivity index (χ2v) is 4.91. The molecule has 0 fully saturated rings. The molecule has 0 unspecified atom stereocenters. The highest BCUT2D eigenvalue weighted by atomic mass is 19.1. The zero-order valence-corrected chi connectivity index (χ0v) is 11.9. The van der Waals surface area contributed by atoms with E-state index >= 15 is 0 Å². The van der Waals surface area contributed by atoms with Crippen LogP contribution in [0.4, 0.5) is 4.39 Å². The van der Waals surface area contributed by atoms with Gasteiger partial charge in [0.05, 0.1) is 24.7 Å². The number of para-hydroxylation sites is 2. The second kappa shape index (κ2) is 5.52. The number of halogens is 1. The van der Waals surface area contributed by atoms with E-state index in [1.165, 1.54) is 6.07 Å². The number of aliphatic carboxylic acids is 1. The number of ether oxygens (including phenoxy) is 1. The first-order chi connectivity index (χ1) is 10.6. The molecule has 3 rings (SSSR count). The zero-order chi connectivity index (χ0) is 15.7. The van der Waals surface area contributed by atoms with Gasteiger partial charge in [0.1, 0.15) is 11.6 Å². The van der Waals surface area contributed by atoms with Gasteiger partial charge in [0.25, 0.3) is 0 Å². The molecule has 0 saturated heterocycles. The Kier molecular flexibility index (Phi) is 3.55. The number of aromatic nitrogens is 1. The fourth-order valence-corrected chi connectivity index (χ4v) is 2.65. The lowest BCUT2D eigenvalue weighted by Crippen LogP contribution is -2.01. The van der Waals surface area contributed by atoms with Crippen molar-refractivity contribution >= 4 is 16.9 Å². The van der Waals surface area contributed by atoms with Crippen molar-refractivity contribution in [1.29, 1.82) is 0 Å². The number of methoxy groups -OCH3 is 1. The molecule has 0 bridgehead atoms. The monoisotopic (exact) mass is 299 g/mol. The van der Waals surface area contributed by atoms with Gasteiger partial charge in [0.2, 0.25) is 0 Å². The van der Waals surface area contributed by atoms with Crippen LogP contribution in [0.25, 0.3) is 22.2 Å². The summed E-state index contributed by atoms with van der Waals surface area (Å²) in [5.41, 5.74) is 2.13. The number of nitrogens with one attached hydrogen (secondary N) is 1. The van der Waals surface area contributed by atoms with Crippen LogP contribution in [0, 0.1) is 5.82 Å². The van der Waals surface area contributed by atoms with Gasteiger partial charge in [-0.25, -0.2) is 4.39 Å². The number of benzene rings is 2. The van der Waals surface area contributed by atoms with Gasteiger partial charge in [-0.2, -0.15) is 0 Å². The largest absolute Gasteiger partial charge is 0.496 e. The molecule has 112 valence electrons. The highest BCUT2D eigenvalue weighted by Gasteiger charge is 2.19. The normalized spacial score (nSPS) is 10.8. The van der Waals surface area contributed by atoms with Crippen LogP contribution in [0.2, 0.25) is 0 Å². The zero-order valence-electron chi connectivity index (χ0n) is 11.9. The average molecular weight is 299 g/mol. The van der Waals surface area contributed by atoms with Gasteiger partial charge in [-0.15, -0.1) is 0 Å². The summed E-state index contributed by atoms with van der Waals surface area (Å²) in [7, 11) is 1.54. The summed E-state index contributed by atoms with van der Waals surface area (Å²) >= 11 is 0. The fourth-order valence-electron chi connectivity index (χ4n) is 2.65. The minimum absolute atomic E-state index is 0.198. The molecule has 0 saturated carbocycles. The smallest absolute Gasteiger partial charge is 0.307 e. The lowest BCUT2D eigenvalue weighted by molar-refractivity contribution is -0.136. The highest BCUT2D eigenvalue weighted by molar-refractivity contribution is 5.95. The van der Waals surface area contributed by atoms with E-state index in [9.17, 15) is 14.3 Å². The maximum absolute atomic E-state index is 14.0. The molecule has 22 heavy (non-hydrogen) atoms. The molecule has 1 heterocycles. The number of H-pyrrole nitrogens is 1. The molecule has 0 amide bonds. The second-order valence-electron chi connectivity index (χ2n) is 4.91. The van der Waals surface area contributed by atoms with Crippen molar-refractivity contribution < 1.29 is 19.0 Å². The first-order valence-corrected chi connectivity index (χ1v) is 6.76. The average Bonchev–Trinajstić information content (AvgIpc) is 2.87. The molecule has 2 N–H and O–H groups in total. The maximum atomic E-state index is 14.0. The van der Waals surface area contributed by atoms with E-state index in [4.69, 9.17) is 4.74 Å². The lowest BCUT2D eigenvalue weighted by atomic mass is 10.0. The molecule has 0 aliphatic heterocycles. The molecule has 0 spiro atoms. The summed E-state index contributed by atoms with van der Waals surface area (Å²) < 4.78 is 19.3. The summed E-state index contributed by atoms with van der Waals surface area (Å²) in [5, 5.41) is 9.75. The SMILES string of the molecule is COc1ccccc1-c1[nH]c2c(F)cccc2c1CC(=O)O. The molecule has 4 nitrogen and oxygen atoms in total. The van der Waals surface area contributed by atoms with Crippen LogP contribution in [-0.2, 0) is 11.2 Å². The Morgan fingerprint density at radius 2 is 2.00 bits per heavy atom. The van der Waals surface area contributed by atoms with Gasteiger partial charge < -0.3 is 14.8 Å². The van der Waals surface area contributed by atoms with Crippen molar-refractivity contribution in [2.75, 3.05) is 7.11 Å². The van der Waals surface area contributed by atoms with E-state index in [1.807, 2.05) is 18.2 Å². The van der Waals surface area contributed by atoms with Crippen LogP contribution in [0.1, 0.15) is 5.56 Å². The molecular formula is C17H14FNO3. The van der Waals surface area contributed by atoms with Gasteiger partial charge in [-0.05, 0) is 23.8 Å². The number of rotatable bonds is 4. The topological polar surface area (TPSA) is 62.3 Å². The van der Waals surface area contributed by atoms with E-state index in [0.717, 1.165) is 0 Å². The summed E-state index contributed by atoms with van der Waals surface area (Å²) in [4.78, 5) is 14.2. The number of carbonyl (C=O) groups is 1. The Bertz CT molecular complexity index is 854. The van der Waals surface area contributed by atoms with Crippen LogP contribution in [0.15, 0.2) is 42.5 Å². The van der Waals surface area contributed by atoms with Gasteiger partial charge in [-0.1, -0.05) is 24.3 Å². The van der Waals surface area contributed by atoms with Crippen LogP contribution in [-0.4, -0.2) is 23.2 Å². The van der Waals surface area contributed by atoms with Crippen LogP contribution >= 0.6 is 0 Å². The van der Waals surface area contributed by atoms with Crippen molar-refractivity contribution in [3.8, 4) is 17.0 Å². The molecular weight excluding hydrogens is 285 g/mol. The van der Waals surface area contributed by atoms with Crippen molar-refractivity contribution in [2.45, 2.75) is 6.42 Å². The maximum Gasteiger partial charge on any atom is 0.307 e. The van der Waals surface area contributed by atoms with Crippen LogP contribution in [0.5, 0.6) is 5.75 Å². The Labute approximate surface area is 126 Å². The van der Waals surface area contributed by atoms with Crippen LogP contribution in [0.3, 0.4) is 0 Å². The minimum atomic E-state index is -0.971. The summed E-state index contributed by atoms with van der Waals surface area (Å²) in [5.74, 6) is -0.785. The number of aromatic amines is 1. The number of carboxylic acid groups (broad SMARTS) is 1. The van der Waals surface area contributed by atoms with E-state index in [1.54, 1.807) is 25.3 Å². The third kappa shape index (κ3) is 2.30. The quantitative estimate of drug-likeness (QED) is 0.773. The van der Waals surface area contributed by atoms with E-state index in [0.29, 0.717) is 33.5 Å². The Hall–Kier alpha value is -2.82. The molecule has 1 aromatic heterocycles. The van der Waals surface area contributed by atoms with Gasteiger partial charge in [0.15, 0.2) is 0 Å². The molecule has 0 atom stereocenters. The van der Waals surface area contributed by atoms with E-state index in [2.05, 4.69) is 4.98 Å². The third-order valence-corrected chi connectivity index (χ3v) is 3.59. The summed E-state index contributed by atoms with van der Waals surface area (Å²) in [6, 6.07) is 11.9. The molecule has 0 aliphatic carbocycles. The van der Waals surface area contributed by atoms with Gasteiger partial charge in [0, 0.05) is 10.9 Å². The van der Waals surface area contributed by atoms with Crippen molar-refractivity contribution in [1.82, 2.24) is 4.98 Å². The number of carboxylic acids is 1. The van der Waals surface area contributed by atoms with Crippen molar-refractivity contribution in [3.05, 3.63) is 53.8 Å². The predicted octanol–water partition coefficient (Wildman–Crippen LogP) is 3.61. The molecule has 2 aromatic carbocycles. The Morgan fingerprint density at radius 1 is 1.23 bits per heavy atom. The van der Waals surface area contributed by atoms with E-state index < -0.39 is 11.8 Å². The Morgan fingerprint density at radius 3 is 2.73 bits per heavy atom. The standard InChI is InChI=1S/C17H14FNO3/c1-22-14-8-3-2-5-11(14)16-12(9-15(20)21)10-6-4-7-13(18)17(10)19-16/h2-8,19H,9H2,1H3,(H,20,21). The van der Waals surface area contributed by atoms with Gasteiger partial charge in [-0.3, -0.25) is 4.79 Å². The third-order valence-electron chi connectivity index (χ3n) is 3.59. The molecule has 0 aliphatic rings. The highest BCUT2D eigenvalue weighted by Crippen LogP contribution is 2.36. The molecule has 5 heteroatoms. The van der Waals surface area contributed by atoms with Crippen LogP contribution < -0.4 is 4.74 Å². The lowest BCUT2D eigenvalue weighted by Gasteiger charge is -2.08. The van der Waals surface area contributed by atoms with Gasteiger partial charge >= 0.3 is 5.97 Å². The predicted molar refractivity (Wildman–Crippen MR) is 81.6 cm³/mol. The Balaban J connectivity index is 2.32. The van der Waals surface area contributed by atoms with E-state index in [-0.39, 0.29) is 6.42 Å². The summed E-state index contributed by atoms with van der Waals surface area (Å²) in [6.45, 7) is 0. The minimum Gasteiger partial charge on any atom is -0.496 e. The van der Waals surface area contributed by atoms with Crippen molar-refractivity contribution in [3.63, 3.8) is 0 Å². The first-order valence-electron chi connectivity index (χ1n) is 6.76. The molecule has 3 aromatic rings. The fraction of sp³-hybridized carbons (Fsp3) is 0.118. The van der Waals surface area contributed by atoms with Crippen molar-refractivity contribution in [2.24, 2.45) is 0 Å². The first kappa shape index (κ1) is 14.1.